The molecule has 6 atom stereocenters. The van der Waals surface area contributed by atoms with Crippen molar-refractivity contribution >= 4 is 83.6 Å². The molecule has 0 amide bonds. The largest absolute Gasteiger partial charge is 0.504 e. The lowest BCUT2D eigenvalue weighted by molar-refractivity contribution is -0.154. The molecule has 6 aromatic carbocycles. The smallest absolute Gasteiger partial charge is 0.323 e. The van der Waals surface area contributed by atoms with Crippen molar-refractivity contribution in [1.82, 2.24) is 0 Å². The van der Waals surface area contributed by atoms with E-state index in [-0.39, 0.29) is 72.6 Å². The molecule has 6 rings (SSSR count). The predicted octanol–water partition coefficient (Wildman–Crippen LogP) is 0.226. The van der Waals surface area contributed by atoms with Crippen LogP contribution in [0.1, 0.15) is 84.7 Å². The van der Waals surface area contributed by atoms with Crippen LogP contribution in [0.15, 0.2) is 109 Å². The minimum atomic E-state index is -1.48. The maximum absolute atomic E-state index is 13.2. The molecule has 122 heavy (non-hydrogen) atoms. The topological polar surface area (TPSA) is 686 Å². The molecule has 658 valence electrons. The Morgan fingerprint density at radius 2 is 0.369 bits per heavy atom. The van der Waals surface area contributed by atoms with Crippen LogP contribution >= 0.6 is 0 Å². The van der Waals surface area contributed by atoms with Crippen molar-refractivity contribution < 1.29 is 174 Å². The van der Waals surface area contributed by atoms with E-state index >= 15 is 0 Å². The third-order valence-corrected chi connectivity index (χ3v) is 16.7. The molecule has 0 saturated heterocycles. The van der Waals surface area contributed by atoms with E-state index in [1.165, 1.54) is 84.9 Å². The Morgan fingerprint density at radius 3 is 0.566 bits per heavy atom. The van der Waals surface area contributed by atoms with Gasteiger partial charge in [0.1, 0.15) is 102 Å². The first-order chi connectivity index (χ1) is 58.0. The highest BCUT2D eigenvalue weighted by atomic mass is 16.6. The van der Waals surface area contributed by atoms with E-state index in [2.05, 4.69) is 0 Å². The van der Waals surface area contributed by atoms with Gasteiger partial charge in [-0.2, -0.15) is 0 Å². The minimum Gasteiger partial charge on any atom is -0.504 e. The SMILES string of the molecule is NC(Cc1ccc(O)c(O)c1)C(=O)OCCOC(=O)CCC(=O)Oc1ccc(CC(N)C(=O)OCCOC(=O)C(N)Cc2ccc(OC(=O)CCC(=O)OCCOC(=O)C(N)Cc3ccc(O)c(O)c3)c(OC(=O)CCC(=O)OCCOC(=O)C(N)Cc3ccc(O)c(O)c3)c2)cc1OC(=O)CCC(=O)OCCOC(=O)C(N)Cc1ccc(O)c(O)c1. The summed E-state index contributed by atoms with van der Waals surface area (Å²) in [5.74, 6) is -18.7. The summed E-state index contributed by atoms with van der Waals surface area (Å²) in [5, 5.41) is 77.1. The molecule has 0 radical (unpaired) electrons. The zero-order valence-corrected chi connectivity index (χ0v) is 65.3. The number of esters is 14. The molecular weight excluding hydrogens is 1620 g/mol. The summed E-state index contributed by atoms with van der Waals surface area (Å²) in [6, 6.07) is 14.8. The van der Waals surface area contributed by atoms with Crippen molar-refractivity contribution in [2.45, 2.75) is 126 Å². The molecule has 6 unspecified atom stereocenters. The molecule has 0 aliphatic heterocycles. The number of hydrogen-bond donors (Lipinski definition) is 14. The molecule has 0 saturated carbocycles. The van der Waals surface area contributed by atoms with E-state index in [1.54, 1.807) is 0 Å². The molecule has 0 aromatic heterocycles. The van der Waals surface area contributed by atoms with Crippen LogP contribution in [0, 0.1) is 0 Å². The highest BCUT2D eigenvalue weighted by Gasteiger charge is 2.27. The molecule has 0 aliphatic carbocycles. The number of carbonyl (C=O) groups is 14. The Labute approximate surface area is 693 Å². The Bertz CT molecular complexity index is 4400. The Hall–Kier alpha value is -13.9. The summed E-state index contributed by atoms with van der Waals surface area (Å²) in [6.45, 7) is -4.74. The molecular formula is C80H92N6O36. The molecule has 6 aromatic rings. The van der Waals surface area contributed by atoms with Crippen molar-refractivity contribution in [3.63, 3.8) is 0 Å². The zero-order chi connectivity index (χ0) is 89.5. The quantitative estimate of drug-likeness (QED) is 0.00799. The molecule has 20 N–H and O–H groups in total. The normalized spacial score (nSPS) is 12.3. The van der Waals surface area contributed by atoms with Gasteiger partial charge in [-0.25, -0.2) is 0 Å². The highest BCUT2D eigenvalue weighted by Crippen LogP contribution is 2.34. The van der Waals surface area contributed by atoms with Gasteiger partial charge in [0.15, 0.2) is 69.0 Å². The molecule has 0 bridgehead atoms. The molecule has 42 heteroatoms. The third-order valence-electron chi connectivity index (χ3n) is 16.7. The van der Waals surface area contributed by atoms with Crippen molar-refractivity contribution in [2.75, 3.05) is 66.1 Å². The van der Waals surface area contributed by atoms with E-state index in [0.717, 1.165) is 24.3 Å². The summed E-state index contributed by atoms with van der Waals surface area (Å²) in [6.07, 6.45) is -5.85. The predicted molar refractivity (Wildman–Crippen MR) is 411 cm³/mol. The van der Waals surface area contributed by atoms with E-state index in [0.29, 0.717) is 22.3 Å². The van der Waals surface area contributed by atoms with Crippen LogP contribution in [0.5, 0.6) is 69.0 Å². The third kappa shape index (κ3) is 34.9. The van der Waals surface area contributed by atoms with Crippen LogP contribution in [0.25, 0.3) is 0 Å². The van der Waals surface area contributed by atoms with Crippen molar-refractivity contribution in [1.29, 1.82) is 0 Å². The van der Waals surface area contributed by atoms with E-state index in [9.17, 15) is 108 Å². The second-order valence-electron chi connectivity index (χ2n) is 26.5. The molecule has 0 spiro atoms. The first-order valence-electron chi connectivity index (χ1n) is 37.3. The number of phenols is 8. The van der Waals surface area contributed by atoms with Gasteiger partial charge in [-0.3, -0.25) is 67.1 Å². The minimum absolute atomic E-state index is 0.0746. The van der Waals surface area contributed by atoms with Crippen molar-refractivity contribution in [2.24, 2.45) is 34.4 Å². The van der Waals surface area contributed by atoms with Crippen LogP contribution in [0.4, 0.5) is 0 Å². The number of ether oxygens (including phenoxy) is 14. The molecule has 0 heterocycles. The Kier molecular flexibility index (Phi) is 39.3. The molecule has 42 nitrogen and oxygen atoms in total. The fourth-order valence-corrected chi connectivity index (χ4v) is 10.4. The van der Waals surface area contributed by atoms with Gasteiger partial charge in [0.25, 0.3) is 0 Å². The van der Waals surface area contributed by atoms with Crippen LogP contribution < -0.4 is 53.3 Å². The second-order valence-corrected chi connectivity index (χ2v) is 26.5. The zero-order valence-electron chi connectivity index (χ0n) is 65.3. The summed E-state index contributed by atoms with van der Waals surface area (Å²) < 4.78 is 72.6. The number of nitrogens with two attached hydrogens (primary N) is 6. The van der Waals surface area contributed by atoms with Gasteiger partial charge in [0, 0.05) is 0 Å². The summed E-state index contributed by atoms with van der Waals surface area (Å²) in [4.78, 5) is 179. The van der Waals surface area contributed by atoms with E-state index < -0.39 is 283 Å². The number of benzene rings is 6. The monoisotopic (exact) mass is 1710 g/mol. The maximum atomic E-state index is 13.2. The number of hydrogen-bond acceptors (Lipinski definition) is 42. The van der Waals surface area contributed by atoms with E-state index in [1.807, 2.05) is 0 Å². The van der Waals surface area contributed by atoms with Gasteiger partial charge < -0.3 is 142 Å². The fourth-order valence-electron chi connectivity index (χ4n) is 10.4. The summed E-state index contributed by atoms with van der Waals surface area (Å²) >= 11 is 0. The average molecular weight is 1710 g/mol. The van der Waals surface area contributed by atoms with Gasteiger partial charge in [-0.15, -0.1) is 0 Å². The van der Waals surface area contributed by atoms with Gasteiger partial charge in [-0.05, 0) is 145 Å². The second kappa shape index (κ2) is 49.4. The number of rotatable bonds is 49. The molecule has 0 fully saturated rings. The lowest BCUT2D eigenvalue weighted by Crippen LogP contribution is -2.37. The number of phenolic OH excluding ortho intramolecular Hbond substituents is 8. The first kappa shape index (κ1) is 96.9. The van der Waals surface area contributed by atoms with E-state index in [4.69, 9.17) is 101 Å². The lowest BCUT2D eigenvalue weighted by Gasteiger charge is -2.16. The van der Waals surface area contributed by atoms with Crippen LogP contribution in [0.3, 0.4) is 0 Å². The average Bonchev–Trinajstić information content (AvgIpc) is 0.841. The number of aromatic hydroxyl groups is 8. The summed E-state index contributed by atoms with van der Waals surface area (Å²) in [5.41, 5.74) is 37.9. The lowest BCUT2D eigenvalue weighted by atomic mass is 10.1. The number of carbonyl (C=O) groups excluding carboxylic acids is 14. The fraction of sp³-hybridized carbons (Fsp3) is 0.375. The molecule has 0 aliphatic rings. The van der Waals surface area contributed by atoms with Gasteiger partial charge in [-0.1, -0.05) is 36.4 Å². The van der Waals surface area contributed by atoms with Crippen LogP contribution in [-0.4, -0.2) is 227 Å². The summed E-state index contributed by atoms with van der Waals surface area (Å²) in [7, 11) is 0. The Balaban J connectivity index is 1.00. The van der Waals surface area contributed by atoms with Gasteiger partial charge in [0.05, 0.1) is 51.4 Å². The van der Waals surface area contributed by atoms with Crippen molar-refractivity contribution in [3.8, 4) is 69.0 Å². The van der Waals surface area contributed by atoms with Gasteiger partial charge in [0.2, 0.25) is 0 Å². The maximum Gasteiger partial charge on any atom is 0.323 e. The first-order valence-corrected chi connectivity index (χ1v) is 37.3. The van der Waals surface area contributed by atoms with Crippen LogP contribution in [-0.2, 0) is 153 Å². The standard InChI is InChI=1S/C80H92N6O36/c81-49(31-43-1-7-55(87)59(91)37-43)75(103)113-25-21-109-67(95)13-17-71(99)119-63-11-5-47(41-65(63)121-73(101)19-15-69(97)111-23-27-115-77(105)51(83)33-45-3-9-57(89)61(93)39-45)35-53(85)79(107)117-29-30-118-80(108)54(86)36-48-6-12-64(120-72(100)18-14-68(96)110-22-26-114-76(104)50(82)32-44-2-8-56(88)60(92)38-44)66(42-48)122-74(102)20-16-70(98)112-24-28-116-78(106)52(84)34-46-4-10-58(90)62(94)40-46/h1-12,37-42,49-54,87-94H,13-36,81-86H2. The Morgan fingerprint density at radius 1 is 0.205 bits per heavy atom. The van der Waals surface area contributed by atoms with Gasteiger partial charge >= 0.3 is 83.6 Å². The van der Waals surface area contributed by atoms with Crippen molar-refractivity contribution in [3.05, 3.63) is 143 Å². The highest BCUT2D eigenvalue weighted by molar-refractivity contribution is 5.85. The van der Waals surface area contributed by atoms with Crippen LogP contribution in [0.2, 0.25) is 0 Å².